The Morgan fingerprint density at radius 3 is 2.45 bits per heavy atom. The van der Waals surface area contributed by atoms with Crippen molar-refractivity contribution in [2.24, 2.45) is 0 Å². The molecule has 154 valence electrons. The molecule has 1 amide bonds. The van der Waals surface area contributed by atoms with Crippen molar-refractivity contribution in [1.29, 1.82) is 0 Å². The Bertz CT molecular complexity index is 1360. The van der Waals surface area contributed by atoms with E-state index in [-0.39, 0.29) is 11.0 Å². The highest BCUT2D eigenvalue weighted by Gasteiger charge is 2.12. The van der Waals surface area contributed by atoms with Crippen LogP contribution < -0.4 is 16.3 Å². The number of rotatable bonds is 3. The second-order valence-corrected chi connectivity index (χ2v) is 7.77. The zero-order valence-corrected chi connectivity index (χ0v) is 18.0. The Hall–Kier alpha value is -3.48. The summed E-state index contributed by atoms with van der Waals surface area (Å²) in [6.45, 7) is 1.89. The molecule has 0 fully saturated rings. The van der Waals surface area contributed by atoms with Crippen molar-refractivity contribution in [3.05, 3.63) is 99.4 Å². The fourth-order valence-electron chi connectivity index (χ4n) is 3.23. The van der Waals surface area contributed by atoms with Gasteiger partial charge in [-0.3, -0.25) is 10.1 Å². The minimum atomic E-state index is -0.395. The molecule has 0 saturated heterocycles. The van der Waals surface area contributed by atoms with Gasteiger partial charge in [0.05, 0.1) is 5.56 Å². The van der Waals surface area contributed by atoms with Crippen LogP contribution >= 0.6 is 23.8 Å². The van der Waals surface area contributed by atoms with E-state index in [9.17, 15) is 9.59 Å². The largest absolute Gasteiger partial charge is 0.422 e. The van der Waals surface area contributed by atoms with Crippen LogP contribution in [0.5, 0.6) is 0 Å². The first-order chi connectivity index (χ1) is 14.9. The molecule has 2 N–H and O–H groups in total. The third kappa shape index (κ3) is 4.66. The highest BCUT2D eigenvalue weighted by Crippen LogP contribution is 2.26. The van der Waals surface area contributed by atoms with Gasteiger partial charge in [0.25, 0.3) is 5.91 Å². The average molecular weight is 449 g/mol. The van der Waals surface area contributed by atoms with E-state index in [0.29, 0.717) is 27.4 Å². The first-order valence-electron chi connectivity index (χ1n) is 9.42. The number of anilines is 1. The number of thiocarbonyl (C=S) groups is 1. The number of fused-ring (bicyclic) bond motifs is 1. The third-order valence-corrected chi connectivity index (χ3v) is 5.21. The van der Waals surface area contributed by atoms with Crippen molar-refractivity contribution in [3.8, 4) is 11.1 Å². The van der Waals surface area contributed by atoms with Crippen molar-refractivity contribution >= 4 is 51.5 Å². The molecule has 4 aromatic rings. The van der Waals surface area contributed by atoms with Crippen molar-refractivity contribution in [2.75, 3.05) is 5.32 Å². The van der Waals surface area contributed by atoms with E-state index in [1.807, 2.05) is 43.3 Å². The summed E-state index contributed by atoms with van der Waals surface area (Å²) in [6, 6.07) is 21.2. The average Bonchev–Trinajstić information content (AvgIpc) is 2.74. The Balaban J connectivity index is 1.52. The van der Waals surface area contributed by atoms with Crippen LogP contribution in [0.3, 0.4) is 0 Å². The molecule has 0 unspecified atom stereocenters. The van der Waals surface area contributed by atoms with E-state index >= 15 is 0 Å². The molecule has 1 aromatic heterocycles. The molecule has 0 radical (unpaired) electrons. The highest BCUT2D eigenvalue weighted by atomic mass is 35.5. The quantitative estimate of drug-likeness (QED) is 0.317. The van der Waals surface area contributed by atoms with Gasteiger partial charge < -0.3 is 9.73 Å². The predicted molar refractivity (Wildman–Crippen MR) is 128 cm³/mol. The van der Waals surface area contributed by atoms with Crippen LogP contribution in [0, 0.1) is 6.92 Å². The fourth-order valence-corrected chi connectivity index (χ4v) is 3.57. The number of para-hydroxylation sites is 1. The SMILES string of the molecule is Cc1cc(NC(=S)NC(=O)c2ccc(Cl)cc2)ccc1-c1cc2ccccc2oc1=O. The van der Waals surface area contributed by atoms with Gasteiger partial charge in [-0.25, -0.2) is 4.79 Å². The fraction of sp³-hybridized carbons (Fsp3) is 0.0417. The smallest absolute Gasteiger partial charge is 0.344 e. The number of nitrogens with one attached hydrogen (secondary N) is 2. The van der Waals surface area contributed by atoms with Gasteiger partial charge in [-0.2, -0.15) is 0 Å². The number of carbonyl (C=O) groups excluding carboxylic acids is 1. The second kappa shape index (κ2) is 8.71. The maximum atomic E-state index is 12.5. The molecule has 0 aliphatic heterocycles. The molecule has 0 aliphatic rings. The lowest BCUT2D eigenvalue weighted by Gasteiger charge is -2.12. The number of aryl methyl sites for hydroxylation is 1. The Morgan fingerprint density at radius 1 is 0.968 bits per heavy atom. The van der Waals surface area contributed by atoms with Crippen LogP contribution in [0.15, 0.2) is 82.0 Å². The number of amides is 1. The minimum Gasteiger partial charge on any atom is -0.422 e. The van der Waals surface area contributed by atoms with Crippen molar-refractivity contribution in [1.82, 2.24) is 5.32 Å². The van der Waals surface area contributed by atoms with Crippen LogP contribution in [-0.2, 0) is 0 Å². The van der Waals surface area contributed by atoms with Gasteiger partial charge in [0.1, 0.15) is 5.58 Å². The summed E-state index contributed by atoms with van der Waals surface area (Å²) >= 11 is 11.1. The van der Waals surface area contributed by atoms with Gasteiger partial charge in [-0.15, -0.1) is 0 Å². The topological polar surface area (TPSA) is 71.3 Å². The van der Waals surface area contributed by atoms with Gasteiger partial charge >= 0.3 is 5.63 Å². The Morgan fingerprint density at radius 2 is 1.71 bits per heavy atom. The molecule has 7 heteroatoms. The Labute approximate surface area is 188 Å². The molecule has 1 heterocycles. The summed E-state index contributed by atoms with van der Waals surface area (Å²) in [5, 5.41) is 7.19. The number of benzene rings is 3. The molecular weight excluding hydrogens is 432 g/mol. The lowest BCUT2D eigenvalue weighted by atomic mass is 10.0. The lowest BCUT2D eigenvalue weighted by Crippen LogP contribution is -2.34. The van der Waals surface area contributed by atoms with E-state index in [1.165, 1.54) is 0 Å². The number of hydrogen-bond acceptors (Lipinski definition) is 4. The van der Waals surface area contributed by atoms with Crippen molar-refractivity contribution in [2.45, 2.75) is 6.92 Å². The minimum absolute atomic E-state index is 0.164. The standard InChI is InChI=1S/C24H17ClN2O3S/c1-14-12-18(26-24(31)27-22(28)15-6-8-17(25)9-7-15)10-11-19(14)20-13-16-4-2-3-5-21(16)30-23(20)29/h2-13H,1H3,(H2,26,27,28,31). The summed E-state index contributed by atoms with van der Waals surface area (Å²) in [4.78, 5) is 24.7. The van der Waals surface area contributed by atoms with Gasteiger partial charge in [0.15, 0.2) is 5.11 Å². The number of halogens is 1. The Kier molecular flexibility index (Phi) is 5.84. The molecule has 0 spiro atoms. The summed E-state index contributed by atoms with van der Waals surface area (Å²) in [5.41, 5.74) is 3.40. The first-order valence-corrected chi connectivity index (χ1v) is 10.2. The molecule has 0 saturated carbocycles. The molecule has 4 rings (SSSR count). The van der Waals surface area contributed by atoms with E-state index < -0.39 is 5.63 Å². The monoisotopic (exact) mass is 448 g/mol. The van der Waals surface area contributed by atoms with Crippen LogP contribution in [-0.4, -0.2) is 11.0 Å². The number of hydrogen-bond donors (Lipinski definition) is 2. The molecule has 5 nitrogen and oxygen atoms in total. The number of carbonyl (C=O) groups is 1. The first kappa shape index (κ1) is 20.8. The van der Waals surface area contributed by atoms with Crippen LogP contribution in [0.1, 0.15) is 15.9 Å². The zero-order chi connectivity index (χ0) is 22.0. The molecule has 0 aliphatic carbocycles. The maximum Gasteiger partial charge on any atom is 0.344 e. The van der Waals surface area contributed by atoms with Crippen molar-refractivity contribution in [3.63, 3.8) is 0 Å². The third-order valence-electron chi connectivity index (χ3n) is 4.75. The van der Waals surface area contributed by atoms with Gasteiger partial charge in [0.2, 0.25) is 0 Å². The molecule has 0 atom stereocenters. The van der Waals surface area contributed by atoms with E-state index in [2.05, 4.69) is 10.6 Å². The van der Waals surface area contributed by atoms with Crippen molar-refractivity contribution < 1.29 is 9.21 Å². The van der Waals surface area contributed by atoms with Crippen LogP contribution in [0.25, 0.3) is 22.1 Å². The van der Waals surface area contributed by atoms with E-state index in [4.69, 9.17) is 28.2 Å². The summed E-state index contributed by atoms with van der Waals surface area (Å²) in [7, 11) is 0. The summed E-state index contributed by atoms with van der Waals surface area (Å²) in [6.07, 6.45) is 0. The van der Waals surface area contributed by atoms with Crippen LogP contribution in [0.2, 0.25) is 5.02 Å². The lowest BCUT2D eigenvalue weighted by molar-refractivity contribution is 0.0977. The molecular formula is C24H17ClN2O3S. The maximum absolute atomic E-state index is 12.5. The predicted octanol–water partition coefficient (Wildman–Crippen LogP) is 5.55. The van der Waals surface area contributed by atoms with Gasteiger partial charge in [-0.1, -0.05) is 35.9 Å². The van der Waals surface area contributed by atoms with E-state index in [0.717, 1.165) is 16.5 Å². The normalized spacial score (nSPS) is 10.6. The van der Waals surface area contributed by atoms with Gasteiger partial charge in [0, 0.05) is 21.7 Å². The highest BCUT2D eigenvalue weighted by molar-refractivity contribution is 7.80. The summed E-state index contributed by atoms with van der Waals surface area (Å²) < 4.78 is 5.44. The molecule has 31 heavy (non-hydrogen) atoms. The molecule has 0 bridgehead atoms. The van der Waals surface area contributed by atoms with Gasteiger partial charge in [-0.05, 0) is 78.8 Å². The van der Waals surface area contributed by atoms with Crippen LogP contribution in [0.4, 0.5) is 5.69 Å². The van der Waals surface area contributed by atoms with E-state index in [1.54, 1.807) is 36.4 Å². The molecule has 3 aromatic carbocycles. The zero-order valence-electron chi connectivity index (χ0n) is 16.4. The second-order valence-electron chi connectivity index (χ2n) is 6.93. The summed E-state index contributed by atoms with van der Waals surface area (Å²) in [5.74, 6) is -0.337.